The second-order valence-corrected chi connectivity index (χ2v) is 4.72. The van der Waals surface area contributed by atoms with Crippen molar-refractivity contribution < 1.29 is 4.79 Å². The number of halogens is 1. The number of carbonyl (C=O) groups excluding carboxylic acids is 1. The number of amides is 1. The Labute approximate surface area is 113 Å². The maximum Gasteiger partial charge on any atom is 0.226 e. The van der Waals surface area contributed by atoms with E-state index in [1.807, 2.05) is 18.3 Å². The van der Waals surface area contributed by atoms with Gasteiger partial charge in [0.25, 0.3) is 0 Å². The number of hydrogen-bond acceptors (Lipinski definition) is 3. The van der Waals surface area contributed by atoms with E-state index in [4.69, 9.17) is 5.73 Å². The molecular weight excluding hydrogens is 296 g/mol. The highest BCUT2D eigenvalue weighted by Crippen LogP contribution is 2.16. The number of carbonyl (C=O) groups is 1. The monoisotopic (exact) mass is 308 g/mol. The summed E-state index contributed by atoms with van der Waals surface area (Å²) in [6.07, 6.45) is 3.86. The number of aryl methyl sites for hydroxylation is 1. The van der Waals surface area contributed by atoms with Gasteiger partial charge in [-0.25, -0.2) is 0 Å². The van der Waals surface area contributed by atoms with Gasteiger partial charge in [-0.15, -0.1) is 0 Å². The average Bonchev–Trinajstić information content (AvgIpc) is 2.76. The highest BCUT2D eigenvalue weighted by atomic mass is 79.9. The topological polar surface area (TPSA) is 72.9 Å². The first-order valence-electron chi connectivity index (χ1n) is 5.47. The Balaban J connectivity index is 1.88. The molecule has 0 aliphatic carbocycles. The van der Waals surface area contributed by atoms with Crippen LogP contribution in [0.5, 0.6) is 0 Å². The van der Waals surface area contributed by atoms with Crippen molar-refractivity contribution in [1.82, 2.24) is 9.78 Å². The van der Waals surface area contributed by atoms with Crippen molar-refractivity contribution in [3.05, 3.63) is 41.1 Å². The molecule has 0 unspecified atom stereocenters. The number of nitrogen functional groups attached to an aromatic ring is 1. The Morgan fingerprint density at radius 1 is 1.44 bits per heavy atom. The Morgan fingerprint density at radius 3 is 2.89 bits per heavy atom. The fourth-order valence-electron chi connectivity index (χ4n) is 1.50. The Hall–Kier alpha value is -1.82. The third-order valence-corrected chi connectivity index (χ3v) is 2.81. The van der Waals surface area contributed by atoms with Gasteiger partial charge in [-0.3, -0.25) is 9.48 Å². The lowest BCUT2D eigenvalue weighted by Gasteiger charge is -2.07. The van der Waals surface area contributed by atoms with Gasteiger partial charge in [-0.05, 0) is 28.1 Å². The van der Waals surface area contributed by atoms with E-state index in [0.29, 0.717) is 24.3 Å². The van der Waals surface area contributed by atoms with E-state index >= 15 is 0 Å². The molecule has 3 N–H and O–H groups in total. The molecule has 0 fully saturated rings. The molecule has 0 saturated carbocycles. The molecule has 0 bridgehead atoms. The summed E-state index contributed by atoms with van der Waals surface area (Å²) >= 11 is 3.30. The molecule has 6 heteroatoms. The minimum absolute atomic E-state index is 0.0838. The number of anilines is 2. The first-order chi connectivity index (χ1) is 8.65. The minimum Gasteiger partial charge on any atom is -0.397 e. The lowest BCUT2D eigenvalue weighted by Crippen LogP contribution is -2.15. The number of para-hydroxylation sites is 2. The fraction of sp³-hybridized carbons (Fsp3) is 0.167. The maximum atomic E-state index is 11.7. The van der Waals surface area contributed by atoms with Crippen molar-refractivity contribution in [3.8, 4) is 0 Å². The molecule has 0 radical (unpaired) electrons. The van der Waals surface area contributed by atoms with Crippen molar-refractivity contribution in [2.24, 2.45) is 0 Å². The SMILES string of the molecule is Nc1ccccc1NC(=O)CCn1cc(Br)cn1. The van der Waals surface area contributed by atoms with Crippen LogP contribution in [0.1, 0.15) is 6.42 Å². The molecule has 0 atom stereocenters. The molecule has 1 heterocycles. The minimum atomic E-state index is -0.0838. The summed E-state index contributed by atoms with van der Waals surface area (Å²) < 4.78 is 2.60. The number of nitrogens with one attached hydrogen (secondary N) is 1. The third kappa shape index (κ3) is 3.33. The summed E-state index contributed by atoms with van der Waals surface area (Å²) in [5.74, 6) is -0.0838. The zero-order valence-electron chi connectivity index (χ0n) is 9.64. The van der Waals surface area contributed by atoms with Gasteiger partial charge in [-0.1, -0.05) is 12.1 Å². The number of hydrogen-bond donors (Lipinski definition) is 2. The van der Waals surface area contributed by atoms with Crippen LogP contribution in [0.4, 0.5) is 11.4 Å². The molecule has 0 spiro atoms. The zero-order chi connectivity index (χ0) is 13.0. The molecule has 0 saturated heterocycles. The highest BCUT2D eigenvalue weighted by molar-refractivity contribution is 9.10. The fourth-order valence-corrected chi connectivity index (χ4v) is 1.83. The summed E-state index contributed by atoms with van der Waals surface area (Å²) in [4.78, 5) is 11.7. The van der Waals surface area contributed by atoms with E-state index in [-0.39, 0.29) is 5.91 Å². The second kappa shape index (κ2) is 5.68. The van der Waals surface area contributed by atoms with Gasteiger partial charge in [-0.2, -0.15) is 5.10 Å². The van der Waals surface area contributed by atoms with E-state index in [0.717, 1.165) is 4.47 Å². The summed E-state index contributed by atoms with van der Waals surface area (Å²) in [7, 11) is 0. The number of nitrogens with two attached hydrogens (primary N) is 1. The van der Waals surface area contributed by atoms with Crippen LogP contribution in [0.25, 0.3) is 0 Å². The average molecular weight is 309 g/mol. The van der Waals surface area contributed by atoms with E-state index in [1.165, 1.54) is 0 Å². The molecule has 0 aliphatic rings. The first kappa shape index (κ1) is 12.6. The molecule has 94 valence electrons. The summed E-state index contributed by atoms with van der Waals surface area (Å²) in [6.45, 7) is 0.532. The van der Waals surface area contributed by atoms with Gasteiger partial charge in [0, 0.05) is 19.2 Å². The van der Waals surface area contributed by atoms with Crippen LogP contribution in [-0.4, -0.2) is 15.7 Å². The van der Waals surface area contributed by atoms with E-state index < -0.39 is 0 Å². The number of benzene rings is 1. The van der Waals surface area contributed by atoms with Crippen LogP contribution in [-0.2, 0) is 11.3 Å². The van der Waals surface area contributed by atoms with Crippen LogP contribution in [0.15, 0.2) is 41.1 Å². The van der Waals surface area contributed by atoms with Crippen LogP contribution < -0.4 is 11.1 Å². The Kier molecular flexibility index (Phi) is 3.99. The second-order valence-electron chi connectivity index (χ2n) is 3.81. The quantitative estimate of drug-likeness (QED) is 0.851. The van der Waals surface area contributed by atoms with Gasteiger partial charge in [0.2, 0.25) is 5.91 Å². The van der Waals surface area contributed by atoms with E-state index in [1.54, 1.807) is 23.0 Å². The molecule has 2 aromatic rings. The normalized spacial score (nSPS) is 10.3. The van der Waals surface area contributed by atoms with Crippen LogP contribution in [0.2, 0.25) is 0 Å². The van der Waals surface area contributed by atoms with Crippen molar-refractivity contribution in [2.45, 2.75) is 13.0 Å². The smallest absolute Gasteiger partial charge is 0.226 e. The third-order valence-electron chi connectivity index (χ3n) is 2.40. The molecule has 5 nitrogen and oxygen atoms in total. The molecule has 1 aromatic heterocycles. The van der Waals surface area contributed by atoms with Gasteiger partial charge in [0.05, 0.1) is 22.0 Å². The van der Waals surface area contributed by atoms with Crippen molar-refractivity contribution in [3.63, 3.8) is 0 Å². The Bertz CT molecular complexity index is 553. The molecule has 2 rings (SSSR count). The predicted molar refractivity (Wildman–Crippen MR) is 74.0 cm³/mol. The van der Waals surface area contributed by atoms with Gasteiger partial charge in [0.1, 0.15) is 0 Å². The molecule has 1 amide bonds. The van der Waals surface area contributed by atoms with Crippen LogP contribution in [0.3, 0.4) is 0 Å². The number of rotatable bonds is 4. The first-order valence-corrected chi connectivity index (χ1v) is 6.27. The largest absolute Gasteiger partial charge is 0.397 e. The van der Waals surface area contributed by atoms with E-state index in [2.05, 4.69) is 26.3 Å². The standard InChI is InChI=1S/C12H13BrN4O/c13-9-7-15-17(8-9)6-5-12(18)16-11-4-2-1-3-10(11)14/h1-4,7-8H,5-6,14H2,(H,16,18). The predicted octanol–water partition coefficient (Wildman–Crippen LogP) is 2.26. The van der Waals surface area contributed by atoms with Crippen molar-refractivity contribution >= 4 is 33.2 Å². The van der Waals surface area contributed by atoms with Crippen molar-refractivity contribution in [1.29, 1.82) is 0 Å². The van der Waals surface area contributed by atoms with Gasteiger partial charge < -0.3 is 11.1 Å². The van der Waals surface area contributed by atoms with Crippen LogP contribution in [0, 0.1) is 0 Å². The molecule has 18 heavy (non-hydrogen) atoms. The highest BCUT2D eigenvalue weighted by Gasteiger charge is 2.05. The summed E-state index contributed by atoms with van der Waals surface area (Å²) in [5, 5.41) is 6.85. The van der Waals surface area contributed by atoms with Crippen molar-refractivity contribution in [2.75, 3.05) is 11.1 Å². The lowest BCUT2D eigenvalue weighted by atomic mass is 10.2. The summed E-state index contributed by atoms with van der Waals surface area (Å²) in [5.41, 5.74) is 6.95. The van der Waals surface area contributed by atoms with E-state index in [9.17, 15) is 4.79 Å². The van der Waals surface area contributed by atoms with Gasteiger partial charge >= 0.3 is 0 Å². The zero-order valence-corrected chi connectivity index (χ0v) is 11.2. The molecular formula is C12H13BrN4O. The van der Waals surface area contributed by atoms with Gasteiger partial charge in [0.15, 0.2) is 0 Å². The number of nitrogens with zero attached hydrogens (tertiary/aromatic N) is 2. The molecule has 0 aliphatic heterocycles. The summed E-state index contributed by atoms with van der Waals surface area (Å²) in [6, 6.07) is 7.18. The number of aromatic nitrogens is 2. The van der Waals surface area contributed by atoms with Crippen LogP contribution >= 0.6 is 15.9 Å². The maximum absolute atomic E-state index is 11.7. The Morgan fingerprint density at radius 2 is 2.22 bits per heavy atom. The molecule has 1 aromatic carbocycles. The lowest BCUT2D eigenvalue weighted by molar-refractivity contribution is -0.116.